The second-order valence-electron chi connectivity index (χ2n) is 3.62. The second-order valence-corrected chi connectivity index (χ2v) is 4.06. The molecule has 3 aromatic rings. The van der Waals surface area contributed by atoms with Crippen LogP contribution in [0.4, 0.5) is 0 Å². The largest absolute Gasteiger partial charge is 0.507 e. The molecule has 17 heavy (non-hydrogen) atoms. The van der Waals surface area contributed by atoms with E-state index in [2.05, 4.69) is 9.97 Å². The molecule has 2 heterocycles. The van der Waals surface area contributed by atoms with Gasteiger partial charge in [0.2, 0.25) is 0 Å². The Morgan fingerprint density at radius 1 is 1.29 bits per heavy atom. The molecule has 0 aliphatic heterocycles. The average Bonchev–Trinajstić information content (AvgIpc) is 2.76. The first kappa shape index (κ1) is 10.1. The summed E-state index contributed by atoms with van der Waals surface area (Å²) in [7, 11) is 0. The van der Waals surface area contributed by atoms with Gasteiger partial charge in [0, 0.05) is 23.0 Å². The molecule has 0 unspecified atom stereocenters. The van der Waals surface area contributed by atoms with Crippen LogP contribution in [0.3, 0.4) is 0 Å². The van der Waals surface area contributed by atoms with Gasteiger partial charge in [-0.25, -0.2) is 4.98 Å². The summed E-state index contributed by atoms with van der Waals surface area (Å²) in [6.45, 7) is 0. The Labute approximate surface area is 102 Å². The molecular weight excluding hydrogens is 238 g/mol. The highest BCUT2D eigenvalue weighted by molar-refractivity contribution is 6.31. The normalized spacial score (nSPS) is 10.9. The summed E-state index contributed by atoms with van der Waals surface area (Å²) in [6, 6.07) is 4.88. The van der Waals surface area contributed by atoms with Gasteiger partial charge in [0.05, 0.1) is 11.7 Å². The lowest BCUT2D eigenvalue weighted by atomic mass is 10.1. The van der Waals surface area contributed by atoms with E-state index in [-0.39, 0.29) is 5.75 Å². The van der Waals surface area contributed by atoms with Gasteiger partial charge < -0.3 is 9.51 Å². The molecule has 0 radical (unpaired) electrons. The number of phenolic OH excluding ortho intramolecular Hbond substituents is 1. The molecule has 0 amide bonds. The van der Waals surface area contributed by atoms with Crippen LogP contribution in [0.25, 0.3) is 16.8 Å². The number of halogens is 1. The summed E-state index contributed by atoms with van der Waals surface area (Å²) in [6.07, 6.45) is 6.85. The van der Waals surface area contributed by atoms with Crippen molar-refractivity contribution in [3.05, 3.63) is 48.1 Å². The Kier molecular flexibility index (Phi) is 2.23. The fourth-order valence-electron chi connectivity index (χ4n) is 1.75. The van der Waals surface area contributed by atoms with Crippen LogP contribution < -0.4 is 0 Å². The zero-order chi connectivity index (χ0) is 11.8. The third-order valence-corrected chi connectivity index (χ3v) is 2.79. The van der Waals surface area contributed by atoms with Crippen molar-refractivity contribution in [1.82, 2.24) is 14.4 Å². The molecule has 0 spiro atoms. The highest BCUT2D eigenvalue weighted by atomic mass is 35.5. The van der Waals surface area contributed by atoms with Gasteiger partial charge in [0.15, 0.2) is 0 Å². The van der Waals surface area contributed by atoms with Crippen molar-refractivity contribution in [1.29, 1.82) is 0 Å². The minimum atomic E-state index is 0.152. The lowest BCUT2D eigenvalue weighted by Gasteiger charge is -2.02. The molecule has 0 aliphatic rings. The molecular formula is C12H8ClN3O. The predicted molar refractivity (Wildman–Crippen MR) is 65.1 cm³/mol. The number of aromatic hydroxyl groups is 1. The molecule has 0 saturated carbocycles. The van der Waals surface area contributed by atoms with Crippen LogP contribution in [0.1, 0.15) is 0 Å². The van der Waals surface area contributed by atoms with Gasteiger partial charge in [0.25, 0.3) is 0 Å². The minimum absolute atomic E-state index is 0.152. The van der Waals surface area contributed by atoms with Crippen molar-refractivity contribution < 1.29 is 5.11 Å². The minimum Gasteiger partial charge on any atom is -0.507 e. The summed E-state index contributed by atoms with van der Waals surface area (Å²) in [5.41, 5.74) is 2.09. The fraction of sp³-hybridized carbons (Fsp3) is 0. The summed E-state index contributed by atoms with van der Waals surface area (Å²) >= 11 is 5.92. The monoisotopic (exact) mass is 245 g/mol. The molecule has 0 saturated heterocycles. The van der Waals surface area contributed by atoms with Crippen molar-refractivity contribution >= 4 is 17.1 Å². The van der Waals surface area contributed by atoms with Crippen LogP contribution in [0, 0.1) is 0 Å². The lowest BCUT2D eigenvalue weighted by molar-refractivity contribution is 0.477. The SMILES string of the molecule is Oc1ccc(Cl)cc1-c1ncn2ccncc12. The van der Waals surface area contributed by atoms with Gasteiger partial charge in [0.1, 0.15) is 17.8 Å². The fourth-order valence-corrected chi connectivity index (χ4v) is 1.92. The van der Waals surface area contributed by atoms with E-state index in [0.717, 1.165) is 5.52 Å². The number of aromatic nitrogens is 3. The summed E-state index contributed by atoms with van der Waals surface area (Å²) < 4.78 is 1.84. The first-order valence-electron chi connectivity index (χ1n) is 5.01. The molecule has 5 heteroatoms. The predicted octanol–water partition coefficient (Wildman–Crippen LogP) is 2.76. The van der Waals surface area contributed by atoms with Crippen LogP contribution >= 0.6 is 11.6 Å². The Morgan fingerprint density at radius 2 is 2.18 bits per heavy atom. The molecule has 0 bridgehead atoms. The van der Waals surface area contributed by atoms with Crippen molar-refractivity contribution in [3.8, 4) is 17.0 Å². The van der Waals surface area contributed by atoms with E-state index in [4.69, 9.17) is 11.6 Å². The molecule has 4 nitrogen and oxygen atoms in total. The van der Waals surface area contributed by atoms with E-state index >= 15 is 0 Å². The molecule has 0 aliphatic carbocycles. The van der Waals surface area contributed by atoms with E-state index in [1.807, 2.05) is 4.40 Å². The number of benzene rings is 1. The van der Waals surface area contributed by atoms with E-state index in [1.165, 1.54) is 0 Å². The van der Waals surface area contributed by atoms with Gasteiger partial charge in [-0.05, 0) is 18.2 Å². The number of nitrogens with zero attached hydrogens (tertiary/aromatic N) is 3. The summed E-state index contributed by atoms with van der Waals surface area (Å²) in [4.78, 5) is 8.32. The maximum Gasteiger partial charge on any atom is 0.125 e. The number of fused-ring (bicyclic) bond motifs is 1. The van der Waals surface area contributed by atoms with Crippen LogP contribution in [-0.2, 0) is 0 Å². The average molecular weight is 246 g/mol. The van der Waals surface area contributed by atoms with Crippen LogP contribution in [0.15, 0.2) is 43.1 Å². The Morgan fingerprint density at radius 3 is 3.06 bits per heavy atom. The molecule has 0 fully saturated rings. The lowest BCUT2D eigenvalue weighted by Crippen LogP contribution is -1.84. The van der Waals surface area contributed by atoms with Crippen molar-refractivity contribution in [2.24, 2.45) is 0 Å². The molecule has 2 aromatic heterocycles. The van der Waals surface area contributed by atoms with Crippen LogP contribution in [0.2, 0.25) is 5.02 Å². The van der Waals surface area contributed by atoms with E-state index in [0.29, 0.717) is 16.3 Å². The molecule has 1 N–H and O–H groups in total. The topological polar surface area (TPSA) is 50.4 Å². The number of imidazole rings is 1. The van der Waals surface area contributed by atoms with Gasteiger partial charge in [-0.3, -0.25) is 4.98 Å². The Balaban J connectivity index is 2.31. The quantitative estimate of drug-likeness (QED) is 0.717. The first-order valence-corrected chi connectivity index (χ1v) is 5.39. The number of hydrogen-bond donors (Lipinski definition) is 1. The second kappa shape index (κ2) is 3.75. The zero-order valence-corrected chi connectivity index (χ0v) is 9.46. The van der Waals surface area contributed by atoms with E-state index in [9.17, 15) is 5.11 Å². The molecule has 84 valence electrons. The summed E-state index contributed by atoms with van der Waals surface area (Å²) in [5, 5.41) is 10.4. The number of hydrogen-bond acceptors (Lipinski definition) is 3. The van der Waals surface area contributed by atoms with Crippen molar-refractivity contribution in [3.63, 3.8) is 0 Å². The maximum absolute atomic E-state index is 9.84. The molecule has 1 aromatic carbocycles. The van der Waals surface area contributed by atoms with E-state index < -0.39 is 0 Å². The third kappa shape index (κ3) is 1.62. The number of phenols is 1. The smallest absolute Gasteiger partial charge is 0.125 e. The van der Waals surface area contributed by atoms with E-state index in [1.54, 1.807) is 43.1 Å². The maximum atomic E-state index is 9.84. The molecule has 3 rings (SSSR count). The van der Waals surface area contributed by atoms with Crippen LogP contribution in [0.5, 0.6) is 5.75 Å². The van der Waals surface area contributed by atoms with Gasteiger partial charge in [-0.15, -0.1) is 0 Å². The van der Waals surface area contributed by atoms with Gasteiger partial charge in [-0.2, -0.15) is 0 Å². The first-order chi connectivity index (χ1) is 8.25. The molecule has 0 atom stereocenters. The summed E-state index contributed by atoms with van der Waals surface area (Å²) in [5.74, 6) is 0.152. The zero-order valence-electron chi connectivity index (χ0n) is 8.71. The van der Waals surface area contributed by atoms with Crippen molar-refractivity contribution in [2.45, 2.75) is 0 Å². The Bertz CT molecular complexity index is 693. The third-order valence-electron chi connectivity index (χ3n) is 2.56. The standard InChI is InChI=1S/C12H8ClN3O/c13-8-1-2-11(17)9(5-8)12-10-6-14-3-4-16(10)7-15-12/h1-7,17H. The van der Waals surface area contributed by atoms with Crippen molar-refractivity contribution in [2.75, 3.05) is 0 Å². The van der Waals surface area contributed by atoms with Gasteiger partial charge in [-0.1, -0.05) is 11.6 Å². The highest BCUT2D eigenvalue weighted by Gasteiger charge is 2.11. The van der Waals surface area contributed by atoms with Crippen LogP contribution in [-0.4, -0.2) is 19.5 Å². The van der Waals surface area contributed by atoms with Gasteiger partial charge >= 0.3 is 0 Å². The highest BCUT2D eigenvalue weighted by Crippen LogP contribution is 2.32. The number of rotatable bonds is 1. The Hall–Kier alpha value is -2.07.